The van der Waals surface area contributed by atoms with Crippen molar-refractivity contribution in [1.29, 1.82) is 0 Å². The molecule has 0 aliphatic rings. The number of H-pyrrole nitrogens is 1. The normalized spacial score (nSPS) is 10.8. The van der Waals surface area contributed by atoms with Gasteiger partial charge in [0.2, 0.25) is 5.88 Å². The zero-order chi connectivity index (χ0) is 22.0. The fourth-order valence-electron chi connectivity index (χ4n) is 3.42. The number of ether oxygens (including phenoxy) is 3. The Morgan fingerprint density at radius 2 is 1.77 bits per heavy atom. The summed E-state index contributed by atoms with van der Waals surface area (Å²) in [5, 5.41) is 7.47. The van der Waals surface area contributed by atoms with Crippen molar-refractivity contribution < 1.29 is 23.5 Å². The van der Waals surface area contributed by atoms with E-state index in [2.05, 4.69) is 22.4 Å². The number of carbonyl (C=O) groups is 1. The number of hydrogen-bond acceptors (Lipinski definition) is 6. The van der Waals surface area contributed by atoms with Crippen LogP contribution in [0, 0.1) is 0 Å². The predicted molar refractivity (Wildman–Crippen MR) is 117 cm³/mol. The monoisotopic (exact) mass is 421 g/mol. The lowest BCUT2D eigenvalue weighted by Gasteiger charge is -2.11. The number of benzene rings is 2. The summed E-state index contributed by atoms with van der Waals surface area (Å²) in [4.78, 5) is 15.9. The van der Waals surface area contributed by atoms with Crippen LogP contribution in [0.15, 0.2) is 47.0 Å². The Bertz CT molecular complexity index is 1220. The van der Waals surface area contributed by atoms with Crippen LogP contribution in [0.25, 0.3) is 22.2 Å². The second-order valence-corrected chi connectivity index (χ2v) is 6.87. The molecule has 0 bridgehead atoms. The summed E-state index contributed by atoms with van der Waals surface area (Å²) in [6.07, 6.45) is 0.965. The van der Waals surface area contributed by atoms with Crippen LogP contribution in [0.5, 0.6) is 17.2 Å². The molecule has 0 radical (unpaired) electrons. The largest absolute Gasteiger partial charge is 0.496 e. The number of rotatable bonds is 7. The van der Waals surface area contributed by atoms with Crippen LogP contribution in [0.2, 0.25) is 0 Å². The maximum atomic E-state index is 12.8. The second kappa shape index (κ2) is 8.43. The molecule has 2 aromatic carbocycles. The molecule has 31 heavy (non-hydrogen) atoms. The van der Waals surface area contributed by atoms with Gasteiger partial charge in [-0.05, 0) is 18.1 Å². The van der Waals surface area contributed by atoms with Crippen molar-refractivity contribution in [3.05, 3.63) is 53.7 Å². The fraction of sp³-hybridized carbons (Fsp3) is 0.217. The van der Waals surface area contributed by atoms with Crippen molar-refractivity contribution in [2.75, 3.05) is 26.6 Å². The van der Waals surface area contributed by atoms with E-state index in [1.807, 2.05) is 24.3 Å². The average molecular weight is 421 g/mol. The third-order valence-corrected chi connectivity index (χ3v) is 5.09. The van der Waals surface area contributed by atoms with Crippen molar-refractivity contribution in [3.8, 4) is 28.5 Å². The minimum absolute atomic E-state index is 0.245. The molecule has 1 amide bonds. The molecule has 4 rings (SSSR count). The molecular weight excluding hydrogens is 398 g/mol. The first-order valence-electron chi connectivity index (χ1n) is 9.77. The number of aryl methyl sites for hydroxylation is 1. The van der Waals surface area contributed by atoms with Crippen LogP contribution in [-0.4, -0.2) is 37.4 Å². The van der Waals surface area contributed by atoms with Gasteiger partial charge in [0, 0.05) is 23.1 Å². The molecule has 0 aliphatic heterocycles. The van der Waals surface area contributed by atoms with Gasteiger partial charge in [-0.25, -0.2) is 0 Å². The van der Waals surface area contributed by atoms with Crippen molar-refractivity contribution in [2.24, 2.45) is 0 Å². The summed E-state index contributed by atoms with van der Waals surface area (Å²) in [5.74, 6) is 1.39. The number of aromatic nitrogens is 2. The highest BCUT2D eigenvalue weighted by molar-refractivity contribution is 6.07. The highest BCUT2D eigenvalue weighted by Gasteiger charge is 2.20. The summed E-state index contributed by atoms with van der Waals surface area (Å²) < 4.78 is 21.6. The van der Waals surface area contributed by atoms with Crippen LogP contribution in [0.3, 0.4) is 0 Å². The summed E-state index contributed by atoms with van der Waals surface area (Å²) >= 11 is 0. The van der Waals surface area contributed by atoms with Gasteiger partial charge in [0.25, 0.3) is 5.91 Å². The minimum Gasteiger partial charge on any atom is -0.496 e. The number of carbonyl (C=O) groups excluding carboxylic acids is 1. The van der Waals surface area contributed by atoms with Crippen LogP contribution in [0.1, 0.15) is 23.0 Å². The van der Waals surface area contributed by atoms with Crippen molar-refractivity contribution in [2.45, 2.75) is 13.3 Å². The van der Waals surface area contributed by atoms with Crippen LogP contribution in [-0.2, 0) is 6.42 Å². The fourth-order valence-corrected chi connectivity index (χ4v) is 3.42. The highest BCUT2D eigenvalue weighted by atomic mass is 16.5. The van der Waals surface area contributed by atoms with Crippen molar-refractivity contribution in [1.82, 2.24) is 10.1 Å². The molecule has 2 heterocycles. The van der Waals surface area contributed by atoms with Gasteiger partial charge >= 0.3 is 0 Å². The highest BCUT2D eigenvalue weighted by Crippen LogP contribution is 2.41. The van der Waals surface area contributed by atoms with E-state index in [0.29, 0.717) is 39.5 Å². The molecule has 0 aliphatic carbocycles. The quantitative estimate of drug-likeness (QED) is 0.450. The molecule has 8 heteroatoms. The van der Waals surface area contributed by atoms with E-state index in [9.17, 15) is 4.79 Å². The number of aromatic amines is 1. The number of anilines is 1. The molecule has 4 aromatic rings. The average Bonchev–Trinajstić information content (AvgIpc) is 3.45. The van der Waals surface area contributed by atoms with Crippen molar-refractivity contribution in [3.63, 3.8) is 0 Å². The van der Waals surface area contributed by atoms with Gasteiger partial charge in [-0.3, -0.25) is 10.1 Å². The zero-order valence-electron chi connectivity index (χ0n) is 17.7. The molecule has 8 nitrogen and oxygen atoms in total. The lowest BCUT2D eigenvalue weighted by molar-refractivity contribution is 0.102. The molecule has 160 valence electrons. The lowest BCUT2D eigenvalue weighted by atomic mass is 10.1. The van der Waals surface area contributed by atoms with E-state index >= 15 is 0 Å². The van der Waals surface area contributed by atoms with Crippen LogP contribution < -0.4 is 19.5 Å². The van der Waals surface area contributed by atoms with Gasteiger partial charge in [-0.1, -0.05) is 36.3 Å². The van der Waals surface area contributed by atoms with Gasteiger partial charge in [0.15, 0.2) is 11.5 Å². The predicted octanol–water partition coefficient (Wildman–Crippen LogP) is 4.66. The molecule has 0 atom stereocenters. The van der Waals surface area contributed by atoms with Gasteiger partial charge in [-0.2, -0.15) is 0 Å². The number of methoxy groups -OCH3 is 3. The molecule has 0 fully saturated rings. The van der Waals surface area contributed by atoms with Crippen molar-refractivity contribution >= 4 is 22.7 Å². The molecule has 0 saturated heterocycles. The number of fused-ring (bicyclic) bond motifs is 1. The summed E-state index contributed by atoms with van der Waals surface area (Å²) in [5.41, 5.74) is 3.70. The maximum Gasteiger partial charge on any atom is 0.274 e. The molecule has 0 spiro atoms. The zero-order valence-corrected chi connectivity index (χ0v) is 17.7. The molecular formula is C23H23N3O5. The molecule has 2 aromatic heterocycles. The number of nitrogens with zero attached hydrogens (tertiary/aromatic N) is 1. The third-order valence-electron chi connectivity index (χ3n) is 5.09. The Morgan fingerprint density at radius 3 is 2.42 bits per heavy atom. The van der Waals surface area contributed by atoms with Gasteiger partial charge in [0.05, 0.1) is 26.8 Å². The second-order valence-electron chi connectivity index (χ2n) is 6.87. The first-order valence-corrected chi connectivity index (χ1v) is 9.77. The van der Waals surface area contributed by atoms with E-state index in [-0.39, 0.29) is 11.8 Å². The van der Waals surface area contributed by atoms with Crippen LogP contribution >= 0.6 is 0 Å². The Labute approximate surface area is 179 Å². The summed E-state index contributed by atoms with van der Waals surface area (Å²) in [7, 11) is 4.63. The molecule has 0 saturated carbocycles. The Kier molecular flexibility index (Phi) is 5.53. The van der Waals surface area contributed by atoms with E-state index in [1.54, 1.807) is 25.3 Å². The third kappa shape index (κ3) is 3.79. The Hall–Kier alpha value is -3.94. The Morgan fingerprint density at radius 1 is 1.03 bits per heavy atom. The van der Waals surface area contributed by atoms with Gasteiger partial charge < -0.3 is 23.7 Å². The smallest absolute Gasteiger partial charge is 0.274 e. The number of nitrogens with one attached hydrogen (secondary N) is 2. The summed E-state index contributed by atoms with van der Waals surface area (Å²) in [6.45, 7) is 2.10. The molecule has 0 unspecified atom stereocenters. The topological polar surface area (TPSA) is 98.6 Å². The van der Waals surface area contributed by atoms with E-state index in [1.165, 1.54) is 19.8 Å². The van der Waals surface area contributed by atoms with E-state index < -0.39 is 0 Å². The first kappa shape index (κ1) is 20.3. The lowest BCUT2D eigenvalue weighted by Crippen LogP contribution is -2.11. The SMILES string of the molecule is CCc1ccc(-c2cc(NC(=O)c3cc4c(OC)cc(OC)c(OC)c4[nH]3)on2)cc1. The molecule has 2 N–H and O–H groups in total. The van der Waals surface area contributed by atoms with E-state index in [4.69, 9.17) is 18.7 Å². The standard InChI is InChI=1S/C23H23N3O5/c1-5-13-6-8-14(9-7-13)16-11-20(31-26-16)25-23(27)17-10-15-18(28-2)12-19(29-3)22(30-4)21(15)24-17/h6-12,24H,5H2,1-4H3,(H,25,27). The van der Waals surface area contributed by atoms with Crippen LogP contribution in [0.4, 0.5) is 5.88 Å². The van der Waals surface area contributed by atoms with Gasteiger partial charge in [-0.15, -0.1) is 0 Å². The number of hydrogen-bond donors (Lipinski definition) is 2. The Balaban J connectivity index is 1.61. The minimum atomic E-state index is -0.386. The first-order chi connectivity index (χ1) is 15.1. The van der Waals surface area contributed by atoms with E-state index in [0.717, 1.165) is 12.0 Å². The van der Waals surface area contributed by atoms with Gasteiger partial charge in [0.1, 0.15) is 17.1 Å². The number of amides is 1. The summed E-state index contributed by atoms with van der Waals surface area (Å²) in [6, 6.07) is 13.1. The maximum absolute atomic E-state index is 12.8.